The van der Waals surface area contributed by atoms with Crippen molar-refractivity contribution in [1.29, 1.82) is 0 Å². The Bertz CT molecular complexity index is 485. The zero-order valence-corrected chi connectivity index (χ0v) is 13.5. The van der Waals surface area contributed by atoms with Crippen molar-refractivity contribution in [2.24, 2.45) is 5.73 Å². The first kappa shape index (κ1) is 14.4. The van der Waals surface area contributed by atoms with Crippen LogP contribution >= 0.6 is 15.9 Å². The molecule has 4 heteroatoms. The highest BCUT2D eigenvalue weighted by atomic mass is 79.9. The second kappa shape index (κ2) is 5.66. The van der Waals surface area contributed by atoms with Gasteiger partial charge in [0.05, 0.1) is 12.2 Å². The number of ether oxygens (including phenoxy) is 2. The van der Waals surface area contributed by atoms with Gasteiger partial charge in [0.1, 0.15) is 11.9 Å². The van der Waals surface area contributed by atoms with Crippen LogP contribution in [0.5, 0.6) is 5.75 Å². The average molecular weight is 340 g/mol. The van der Waals surface area contributed by atoms with Crippen molar-refractivity contribution in [3.05, 3.63) is 28.2 Å². The number of hydrogen-bond donors (Lipinski definition) is 1. The van der Waals surface area contributed by atoms with Crippen LogP contribution < -0.4 is 10.5 Å². The maximum Gasteiger partial charge on any atom is 0.124 e. The van der Waals surface area contributed by atoms with E-state index < -0.39 is 0 Å². The molecule has 20 heavy (non-hydrogen) atoms. The lowest BCUT2D eigenvalue weighted by atomic mass is 9.74. The molecule has 2 aliphatic rings. The minimum atomic E-state index is -0.0278. The minimum Gasteiger partial charge on any atom is -0.490 e. The lowest BCUT2D eigenvalue weighted by Gasteiger charge is -2.47. The summed E-state index contributed by atoms with van der Waals surface area (Å²) in [5.74, 6) is 0.921. The van der Waals surface area contributed by atoms with Crippen LogP contribution in [0.3, 0.4) is 0 Å². The largest absolute Gasteiger partial charge is 0.490 e. The Morgan fingerprint density at radius 1 is 1.45 bits per heavy atom. The Kier molecular flexibility index (Phi) is 4.07. The number of hydrogen-bond acceptors (Lipinski definition) is 3. The van der Waals surface area contributed by atoms with Crippen molar-refractivity contribution >= 4 is 15.9 Å². The molecule has 3 nitrogen and oxygen atoms in total. The van der Waals surface area contributed by atoms with Crippen molar-refractivity contribution < 1.29 is 9.47 Å². The van der Waals surface area contributed by atoms with Gasteiger partial charge in [-0.25, -0.2) is 0 Å². The Hall–Kier alpha value is -0.580. The maximum atomic E-state index is 6.25. The van der Waals surface area contributed by atoms with Crippen LogP contribution in [0.1, 0.15) is 50.6 Å². The van der Waals surface area contributed by atoms with Crippen LogP contribution in [0, 0.1) is 0 Å². The molecule has 2 fully saturated rings. The van der Waals surface area contributed by atoms with Crippen LogP contribution in [-0.2, 0) is 4.74 Å². The van der Waals surface area contributed by atoms with E-state index >= 15 is 0 Å². The van der Waals surface area contributed by atoms with Gasteiger partial charge in [-0.15, -0.1) is 0 Å². The van der Waals surface area contributed by atoms with E-state index in [-0.39, 0.29) is 17.7 Å². The zero-order chi connectivity index (χ0) is 14.2. The summed E-state index contributed by atoms with van der Waals surface area (Å²) in [6.07, 6.45) is 5.90. The SMILES string of the molecule is C[C@@H](N)c1cc(Br)ccc1OC1CCOC2(CCC2)C1. The van der Waals surface area contributed by atoms with Crippen molar-refractivity contribution in [3.63, 3.8) is 0 Å². The third kappa shape index (κ3) is 2.87. The Morgan fingerprint density at radius 3 is 2.90 bits per heavy atom. The van der Waals surface area contributed by atoms with E-state index in [0.717, 1.165) is 35.2 Å². The highest BCUT2D eigenvalue weighted by molar-refractivity contribution is 9.10. The summed E-state index contributed by atoms with van der Waals surface area (Å²) in [7, 11) is 0. The number of rotatable bonds is 3. The molecule has 0 bridgehead atoms. The molecule has 1 heterocycles. The van der Waals surface area contributed by atoms with E-state index in [1.165, 1.54) is 19.3 Å². The third-order valence-electron chi connectivity index (χ3n) is 4.47. The minimum absolute atomic E-state index is 0.0278. The summed E-state index contributed by atoms with van der Waals surface area (Å²) in [6.45, 7) is 2.81. The van der Waals surface area contributed by atoms with E-state index in [9.17, 15) is 0 Å². The molecule has 3 rings (SSSR count). The molecule has 1 saturated carbocycles. The molecule has 2 N–H and O–H groups in total. The van der Waals surface area contributed by atoms with Crippen molar-refractivity contribution in [1.82, 2.24) is 0 Å². The predicted molar refractivity (Wildman–Crippen MR) is 82.9 cm³/mol. The summed E-state index contributed by atoms with van der Waals surface area (Å²) in [4.78, 5) is 0. The first-order valence-corrected chi connectivity index (χ1v) is 8.23. The molecule has 110 valence electrons. The topological polar surface area (TPSA) is 44.5 Å². The van der Waals surface area contributed by atoms with E-state index in [4.69, 9.17) is 15.2 Å². The number of nitrogens with two attached hydrogens (primary N) is 1. The van der Waals surface area contributed by atoms with Crippen molar-refractivity contribution in [2.75, 3.05) is 6.61 Å². The molecule has 1 saturated heterocycles. The molecule has 2 atom stereocenters. The van der Waals surface area contributed by atoms with E-state index in [1.807, 2.05) is 19.1 Å². The molecule has 0 amide bonds. The number of halogens is 1. The van der Waals surface area contributed by atoms with Crippen LogP contribution in [0.2, 0.25) is 0 Å². The molecule has 0 radical (unpaired) electrons. The van der Waals surface area contributed by atoms with Gasteiger partial charge in [-0.3, -0.25) is 0 Å². The first-order chi connectivity index (χ1) is 9.58. The van der Waals surface area contributed by atoms with Gasteiger partial charge in [-0.1, -0.05) is 15.9 Å². The normalized spacial score (nSPS) is 26.1. The molecule has 0 aromatic heterocycles. The Labute approximate surface area is 129 Å². The van der Waals surface area contributed by atoms with Crippen molar-refractivity contribution in [3.8, 4) is 5.75 Å². The summed E-state index contributed by atoms with van der Waals surface area (Å²) in [6, 6.07) is 6.06. The third-order valence-corrected chi connectivity index (χ3v) is 4.96. The first-order valence-electron chi connectivity index (χ1n) is 7.44. The molecule has 1 aromatic rings. The molecule has 1 spiro atoms. The summed E-state index contributed by atoms with van der Waals surface area (Å²) in [5.41, 5.74) is 7.23. The van der Waals surface area contributed by atoms with Crippen molar-refractivity contribution in [2.45, 2.75) is 56.8 Å². The zero-order valence-electron chi connectivity index (χ0n) is 11.9. The lowest BCUT2D eigenvalue weighted by molar-refractivity contribution is -0.153. The Morgan fingerprint density at radius 2 is 2.25 bits per heavy atom. The predicted octanol–water partition coefficient (Wildman–Crippen LogP) is 3.95. The monoisotopic (exact) mass is 339 g/mol. The number of benzene rings is 1. The van der Waals surface area contributed by atoms with Gasteiger partial charge in [0.2, 0.25) is 0 Å². The fraction of sp³-hybridized carbons (Fsp3) is 0.625. The van der Waals surface area contributed by atoms with Gasteiger partial charge in [0.15, 0.2) is 0 Å². The molecule has 1 aliphatic heterocycles. The molecule has 1 aromatic carbocycles. The lowest BCUT2D eigenvalue weighted by Crippen LogP contribution is -2.48. The van der Waals surface area contributed by atoms with Gasteiger partial charge in [0, 0.05) is 28.9 Å². The van der Waals surface area contributed by atoms with E-state index in [2.05, 4.69) is 22.0 Å². The van der Waals surface area contributed by atoms with Gasteiger partial charge < -0.3 is 15.2 Å². The second-order valence-corrected chi connectivity index (χ2v) is 7.00. The van der Waals surface area contributed by atoms with Gasteiger partial charge in [-0.05, 0) is 44.4 Å². The fourth-order valence-electron chi connectivity index (χ4n) is 3.16. The average Bonchev–Trinajstić information content (AvgIpc) is 2.39. The van der Waals surface area contributed by atoms with Crippen LogP contribution in [-0.4, -0.2) is 18.3 Å². The maximum absolute atomic E-state index is 6.25. The van der Waals surface area contributed by atoms with E-state index in [0.29, 0.717) is 0 Å². The summed E-state index contributed by atoms with van der Waals surface area (Å²) < 4.78 is 13.2. The van der Waals surface area contributed by atoms with Gasteiger partial charge >= 0.3 is 0 Å². The Balaban J connectivity index is 1.74. The van der Waals surface area contributed by atoms with Gasteiger partial charge in [-0.2, -0.15) is 0 Å². The quantitative estimate of drug-likeness (QED) is 0.906. The smallest absolute Gasteiger partial charge is 0.124 e. The summed E-state index contributed by atoms with van der Waals surface area (Å²) >= 11 is 3.50. The fourth-order valence-corrected chi connectivity index (χ4v) is 3.54. The van der Waals surface area contributed by atoms with Crippen LogP contribution in [0.4, 0.5) is 0 Å². The second-order valence-electron chi connectivity index (χ2n) is 6.09. The van der Waals surface area contributed by atoms with Crippen LogP contribution in [0.25, 0.3) is 0 Å². The highest BCUT2D eigenvalue weighted by Crippen LogP contribution is 2.43. The summed E-state index contributed by atoms with van der Waals surface area (Å²) in [5, 5.41) is 0. The molecular formula is C16H22BrNO2. The molecular weight excluding hydrogens is 318 g/mol. The molecule has 1 aliphatic carbocycles. The standard InChI is InChI=1S/C16H22BrNO2/c1-11(18)14-9-12(17)3-4-15(14)20-13-5-8-19-16(10-13)6-2-7-16/h3-4,9,11,13H,2,5-8,10,18H2,1H3/t11-,13?/m1/s1. The van der Waals surface area contributed by atoms with E-state index in [1.54, 1.807) is 0 Å². The van der Waals surface area contributed by atoms with Crippen LogP contribution in [0.15, 0.2) is 22.7 Å². The van der Waals surface area contributed by atoms with Gasteiger partial charge in [0.25, 0.3) is 0 Å². The molecule has 1 unspecified atom stereocenters. The highest BCUT2D eigenvalue weighted by Gasteiger charge is 2.43.